The summed E-state index contributed by atoms with van der Waals surface area (Å²) >= 11 is 0. The van der Waals surface area contributed by atoms with Gasteiger partial charge in [-0.1, -0.05) is 25.5 Å². The van der Waals surface area contributed by atoms with Crippen molar-refractivity contribution >= 4 is 5.91 Å². The smallest absolute Gasteiger partial charge is 0.220 e. The lowest BCUT2D eigenvalue weighted by Crippen LogP contribution is -2.44. The van der Waals surface area contributed by atoms with Gasteiger partial charge >= 0.3 is 0 Å². The number of nitrogens with one attached hydrogen (secondary N) is 4. The Labute approximate surface area is 295 Å². The molecule has 0 aliphatic heterocycles. The number of rotatable bonds is 24. The molecule has 1 aliphatic rings. The summed E-state index contributed by atoms with van der Waals surface area (Å²) in [6, 6.07) is 8.19. The summed E-state index contributed by atoms with van der Waals surface area (Å²) in [5, 5.41) is 24.6. The van der Waals surface area contributed by atoms with Crippen molar-refractivity contribution < 1.29 is 24.1 Å². The molecule has 4 atom stereocenters. The molecule has 0 saturated carbocycles. The number of hydrogen-bond acceptors (Lipinski definition) is 9. The minimum atomic E-state index is -0.165. The third kappa shape index (κ3) is 11.9. The lowest BCUT2D eigenvalue weighted by molar-refractivity contribution is -0.122. The van der Waals surface area contributed by atoms with Crippen LogP contribution in [-0.2, 0) is 9.53 Å². The number of phenols is 1. The first-order chi connectivity index (χ1) is 23.8. The van der Waals surface area contributed by atoms with Gasteiger partial charge in [0.05, 0.1) is 26.9 Å². The van der Waals surface area contributed by atoms with Crippen molar-refractivity contribution in [2.45, 2.75) is 84.1 Å². The molecule has 0 saturated heterocycles. The van der Waals surface area contributed by atoms with Crippen LogP contribution in [0.3, 0.4) is 0 Å². The topological polar surface area (TPSA) is 139 Å². The first-order valence-electron chi connectivity index (χ1n) is 18.5. The number of methoxy groups -OCH3 is 3. The van der Waals surface area contributed by atoms with Crippen LogP contribution >= 0.6 is 0 Å². The van der Waals surface area contributed by atoms with Crippen LogP contribution in [0.4, 0.5) is 0 Å². The average molecular weight is 684 g/mol. The number of aromatic hydroxyl groups is 1. The molecule has 0 aromatic heterocycles. The number of phenolic OH excluding ortho intramolecular Hbond substituents is 1. The van der Waals surface area contributed by atoms with Crippen molar-refractivity contribution in [2.24, 2.45) is 17.6 Å². The van der Waals surface area contributed by atoms with E-state index in [1.54, 1.807) is 21.3 Å². The number of benzene rings is 2. The standard InChI is InChI=1S/C39H65N5O5/c1-7-30-33(26-47-4)38(44-36(45)14-8-9-16-42-20-13-21-43-18-11-10-17-41-19-12-15-40)32-23-28(3)27(2)22-31(32)37(30)29-24-34(48-5)39(46)35(25-29)49-6/h22-25,30,33,37-38,41-43,46H,7-21,26,40H2,1-6H3,(H,44,45)/t30-,33-,37-,38+/m0/s1. The van der Waals surface area contributed by atoms with Gasteiger partial charge in [-0.3, -0.25) is 4.79 Å². The van der Waals surface area contributed by atoms with Gasteiger partial charge in [-0.2, -0.15) is 0 Å². The molecule has 0 heterocycles. The Morgan fingerprint density at radius 2 is 1.29 bits per heavy atom. The van der Waals surface area contributed by atoms with Crippen molar-refractivity contribution in [1.82, 2.24) is 21.3 Å². The third-order valence-corrected chi connectivity index (χ3v) is 10.0. The van der Waals surface area contributed by atoms with E-state index in [0.717, 1.165) is 89.0 Å². The quantitative estimate of drug-likeness (QED) is 0.0837. The highest BCUT2D eigenvalue weighted by atomic mass is 16.5. The van der Waals surface area contributed by atoms with Gasteiger partial charge in [-0.15, -0.1) is 0 Å². The third-order valence-electron chi connectivity index (χ3n) is 10.0. The van der Waals surface area contributed by atoms with E-state index in [9.17, 15) is 9.90 Å². The van der Waals surface area contributed by atoms with Crippen LogP contribution in [-0.4, -0.2) is 84.8 Å². The number of hydrogen-bond donors (Lipinski definition) is 6. The maximum absolute atomic E-state index is 13.5. The van der Waals surface area contributed by atoms with Gasteiger partial charge in [0.2, 0.25) is 11.7 Å². The monoisotopic (exact) mass is 683 g/mol. The van der Waals surface area contributed by atoms with Crippen LogP contribution in [0.2, 0.25) is 0 Å². The second-order valence-corrected chi connectivity index (χ2v) is 13.5. The number of fused-ring (bicyclic) bond motifs is 1. The molecule has 2 aromatic carbocycles. The highest BCUT2D eigenvalue weighted by Gasteiger charge is 2.44. The Morgan fingerprint density at radius 1 is 0.755 bits per heavy atom. The number of aryl methyl sites for hydroxylation is 2. The highest BCUT2D eigenvalue weighted by Crippen LogP contribution is 2.52. The SMILES string of the molecule is CC[C@@H]1[C@H](c2cc(OC)c(O)c(OC)c2)c2cc(C)c(C)cc2[C@@H](NC(=O)CCCCNCCCNCCCCNCCCN)[C@H]1COC. The lowest BCUT2D eigenvalue weighted by Gasteiger charge is -2.45. The van der Waals surface area contributed by atoms with E-state index in [1.807, 2.05) is 12.1 Å². The maximum Gasteiger partial charge on any atom is 0.220 e. The average Bonchev–Trinajstić information content (AvgIpc) is 3.09. The fourth-order valence-electron chi connectivity index (χ4n) is 7.23. The first kappa shape index (κ1) is 40.5. The number of ether oxygens (including phenoxy) is 3. The second-order valence-electron chi connectivity index (χ2n) is 13.5. The van der Waals surface area contributed by atoms with E-state index < -0.39 is 0 Å². The molecule has 7 N–H and O–H groups in total. The normalized spacial score (nSPS) is 18.7. The molecule has 2 aromatic rings. The molecular formula is C39H65N5O5. The second kappa shape index (κ2) is 22.0. The molecule has 0 fully saturated rings. The van der Waals surface area contributed by atoms with Gasteiger partial charge in [0.25, 0.3) is 0 Å². The predicted octanol–water partition coefficient (Wildman–Crippen LogP) is 5.08. The van der Waals surface area contributed by atoms with Crippen molar-refractivity contribution in [3.05, 3.63) is 52.1 Å². The Morgan fingerprint density at radius 3 is 1.82 bits per heavy atom. The lowest BCUT2D eigenvalue weighted by atomic mass is 9.63. The van der Waals surface area contributed by atoms with Crippen LogP contribution < -0.4 is 36.5 Å². The zero-order valence-corrected chi connectivity index (χ0v) is 31.1. The van der Waals surface area contributed by atoms with E-state index in [0.29, 0.717) is 24.5 Å². The fourth-order valence-corrected chi connectivity index (χ4v) is 7.23. The van der Waals surface area contributed by atoms with E-state index in [4.69, 9.17) is 19.9 Å². The van der Waals surface area contributed by atoms with Gasteiger partial charge in [0.1, 0.15) is 0 Å². The highest BCUT2D eigenvalue weighted by molar-refractivity contribution is 5.76. The van der Waals surface area contributed by atoms with Gasteiger partial charge < -0.3 is 46.3 Å². The molecule has 0 radical (unpaired) electrons. The molecule has 1 aliphatic carbocycles. The minimum Gasteiger partial charge on any atom is -0.502 e. The molecule has 49 heavy (non-hydrogen) atoms. The molecule has 1 amide bonds. The Balaban J connectivity index is 1.58. The zero-order chi connectivity index (χ0) is 35.6. The van der Waals surface area contributed by atoms with Crippen molar-refractivity contribution in [3.8, 4) is 17.2 Å². The summed E-state index contributed by atoms with van der Waals surface area (Å²) in [5.74, 6) is 1.06. The Kier molecular flexibility index (Phi) is 18.2. The van der Waals surface area contributed by atoms with Gasteiger partial charge in [-0.05, 0) is 144 Å². The van der Waals surface area contributed by atoms with Crippen LogP contribution in [0.15, 0.2) is 24.3 Å². The molecule has 10 heteroatoms. The van der Waals surface area contributed by atoms with Gasteiger partial charge in [0, 0.05) is 25.4 Å². The number of carbonyl (C=O) groups is 1. The Bertz CT molecular complexity index is 1250. The summed E-state index contributed by atoms with van der Waals surface area (Å²) in [4.78, 5) is 13.5. The molecule has 10 nitrogen and oxygen atoms in total. The van der Waals surface area contributed by atoms with Gasteiger partial charge in [0.15, 0.2) is 11.5 Å². The fraction of sp³-hybridized carbons (Fsp3) is 0.667. The maximum atomic E-state index is 13.5. The number of carbonyl (C=O) groups excluding carboxylic acids is 1. The Hall–Kier alpha value is -2.89. The molecular weight excluding hydrogens is 618 g/mol. The van der Waals surface area contributed by atoms with Gasteiger partial charge in [-0.25, -0.2) is 0 Å². The van der Waals surface area contributed by atoms with Crippen molar-refractivity contribution in [1.29, 1.82) is 0 Å². The summed E-state index contributed by atoms with van der Waals surface area (Å²) in [6.45, 7) is 13.8. The number of nitrogens with two attached hydrogens (primary N) is 1. The molecule has 0 spiro atoms. The van der Waals surface area contributed by atoms with E-state index in [1.165, 1.54) is 29.5 Å². The summed E-state index contributed by atoms with van der Waals surface area (Å²) in [5.41, 5.74) is 11.2. The molecule has 0 bridgehead atoms. The number of unbranched alkanes of at least 4 members (excludes halogenated alkanes) is 2. The van der Waals surface area contributed by atoms with Crippen LogP contribution in [0.5, 0.6) is 17.2 Å². The van der Waals surface area contributed by atoms with E-state index in [-0.39, 0.29) is 35.5 Å². The largest absolute Gasteiger partial charge is 0.502 e. The summed E-state index contributed by atoms with van der Waals surface area (Å²) < 4.78 is 16.9. The molecule has 0 unspecified atom stereocenters. The van der Waals surface area contributed by atoms with Crippen LogP contribution in [0.1, 0.15) is 98.1 Å². The minimum absolute atomic E-state index is 0.00569. The summed E-state index contributed by atoms with van der Waals surface area (Å²) in [7, 11) is 4.84. The predicted molar refractivity (Wildman–Crippen MR) is 199 cm³/mol. The first-order valence-corrected chi connectivity index (χ1v) is 18.5. The van der Waals surface area contributed by atoms with Crippen LogP contribution in [0, 0.1) is 25.7 Å². The van der Waals surface area contributed by atoms with E-state index in [2.05, 4.69) is 54.2 Å². The van der Waals surface area contributed by atoms with Crippen molar-refractivity contribution in [3.63, 3.8) is 0 Å². The van der Waals surface area contributed by atoms with E-state index >= 15 is 0 Å². The zero-order valence-electron chi connectivity index (χ0n) is 31.1. The summed E-state index contributed by atoms with van der Waals surface area (Å²) in [6.07, 6.45) is 7.69. The van der Waals surface area contributed by atoms with Crippen LogP contribution in [0.25, 0.3) is 0 Å². The molecule has 3 rings (SSSR count). The number of amides is 1. The molecule has 276 valence electrons. The van der Waals surface area contributed by atoms with Crippen molar-refractivity contribution in [2.75, 3.05) is 73.7 Å².